The van der Waals surface area contributed by atoms with E-state index in [-0.39, 0.29) is 11.9 Å². The number of anilines is 1. The topological polar surface area (TPSA) is 54.0 Å². The first-order valence-electron chi connectivity index (χ1n) is 6.87. The summed E-state index contributed by atoms with van der Waals surface area (Å²) in [5, 5.41) is 6.70. The number of rotatable bonds is 5. The summed E-state index contributed by atoms with van der Waals surface area (Å²) in [6, 6.07) is 10.8. The number of hydrogen-bond acceptors (Lipinski definition) is 3. The molecule has 0 spiro atoms. The van der Waals surface area contributed by atoms with Gasteiger partial charge in [0.05, 0.1) is 11.6 Å². The minimum atomic E-state index is -0.161. The molecule has 1 atom stereocenters. The van der Waals surface area contributed by atoms with Gasteiger partial charge in [-0.25, -0.2) is 4.98 Å². The summed E-state index contributed by atoms with van der Waals surface area (Å²) in [4.78, 5) is 16.6. The van der Waals surface area contributed by atoms with Crippen molar-refractivity contribution in [1.82, 2.24) is 10.3 Å². The van der Waals surface area contributed by atoms with Gasteiger partial charge in [-0.3, -0.25) is 4.79 Å². The van der Waals surface area contributed by atoms with Gasteiger partial charge in [-0.05, 0) is 43.7 Å². The number of aromatic nitrogens is 1. The van der Waals surface area contributed by atoms with Crippen molar-refractivity contribution in [1.29, 1.82) is 0 Å². The lowest BCUT2D eigenvalue weighted by Gasteiger charge is -2.16. The summed E-state index contributed by atoms with van der Waals surface area (Å²) < 4.78 is 0. The van der Waals surface area contributed by atoms with Gasteiger partial charge in [0.15, 0.2) is 0 Å². The van der Waals surface area contributed by atoms with Crippen LogP contribution < -0.4 is 10.6 Å². The highest BCUT2D eigenvalue weighted by molar-refractivity contribution is 6.30. The van der Waals surface area contributed by atoms with Crippen LogP contribution in [-0.4, -0.2) is 17.4 Å². The summed E-state index contributed by atoms with van der Waals surface area (Å²) in [6.07, 6.45) is 1.66. The maximum atomic E-state index is 12.4. The third kappa shape index (κ3) is 3.95. The highest BCUT2D eigenvalue weighted by atomic mass is 35.5. The molecule has 1 unspecified atom stereocenters. The van der Waals surface area contributed by atoms with E-state index in [0.29, 0.717) is 22.9 Å². The third-order valence-electron chi connectivity index (χ3n) is 3.09. The van der Waals surface area contributed by atoms with Crippen molar-refractivity contribution in [2.45, 2.75) is 19.9 Å². The lowest BCUT2D eigenvalue weighted by atomic mass is 10.1. The van der Waals surface area contributed by atoms with E-state index in [1.807, 2.05) is 38.1 Å². The quantitative estimate of drug-likeness (QED) is 0.886. The molecule has 0 aliphatic rings. The standard InChI is InChI=1S/C16H18ClN3O/c1-3-18-15-14(8-5-9-19-15)16(21)20-11(2)12-6-4-7-13(17)10-12/h4-11H,3H2,1-2H3,(H,18,19)(H,20,21). The maximum absolute atomic E-state index is 12.4. The number of carbonyl (C=O) groups is 1. The fraction of sp³-hybridized carbons (Fsp3) is 0.250. The second kappa shape index (κ2) is 7.09. The molecule has 0 fully saturated rings. The zero-order valence-electron chi connectivity index (χ0n) is 12.1. The van der Waals surface area contributed by atoms with E-state index in [1.165, 1.54) is 0 Å². The van der Waals surface area contributed by atoms with Crippen molar-refractivity contribution in [3.8, 4) is 0 Å². The average molecular weight is 304 g/mol. The van der Waals surface area contributed by atoms with Gasteiger partial charge in [-0.15, -0.1) is 0 Å². The predicted molar refractivity (Wildman–Crippen MR) is 85.7 cm³/mol. The third-order valence-corrected chi connectivity index (χ3v) is 3.33. The van der Waals surface area contributed by atoms with Crippen molar-refractivity contribution in [2.24, 2.45) is 0 Å². The Hall–Kier alpha value is -2.07. The van der Waals surface area contributed by atoms with Gasteiger partial charge in [-0.1, -0.05) is 23.7 Å². The van der Waals surface area contributed by atoms with Crippen molar-refractivity contribution >= 4 is 23.3 Å². The molecule has 2 rings (SSSR count). The predicted octanol–water partition coefficient (Wildman–Crippen LogP) is 3.66. The van der Waals surface area contributed by atoms with Crippen LogP contribution in [0.15, 0.2) is 42.6 Å². The van der Waals surface area contributed by atoms with Crippen LogP contribution in [-0.2, 0) is 0 Å². The van der Waals surface area contributed by atoms with Crippen LogP contribution in [0.1, 0.15) is 35.8 Å². The van der Waals surface area contributed by atoms with E-state index in [2.05, 4.69) is 15.6 Å². The minimum absolute atomic E-state index is 0.133. The number of amides is 1. The van der Waals surface area contributed by atoms with Crippen LogP contribution in [0.3, 0.4) is 0 Å². The summed E-state index contributed by atoms with van der Waals surface area (Å²) in [5.74, 6) is 0.433. The van der Waals surface area contributed by atoms with Gasteiger partial charge in [-0.2, -0.15) is 0 Å². The summed E-state index contributed by atoms with van der Waals surface area (Å²) in [6.45, 7) is 4.60. The lowest BCUT2D eigenvalue weighted by Crippen LogP contribution is -2.27. The smallest absolute Gasteiger partial charge is 0.255 e. The molecular weight excluding hydrogens is 286 g/mol. The van der Waals surface area contributed by atoms with Crippen LogP contribution in [0, 0.1) is 0 Å². The van der Waals surface area contributed by atoms with E-state index >= 15 is 0 Å². The summed E-state index contributed by atoms with van der Waals surface area (Å²) >= 11 is 5.98. The largest absolute Gasteiger partial charge is 0.370 e. The van der Waals surface area contributed by atoms with Gasteiger partial charge in [0, 0.05) is 17.8 Å². The zero-order chi connectivity index (χ0) is 15.2. The van der Waals surface area contributed by atoms with Crippen LogP contribution in [0.5, 0.6) is 0 Å². The SMILES string of the molecule is CCNc1ncccc1C(=O)NC(C)c1cccc(Cl)c1. The molecule has 1 aromatic heterocycles. The average Bonchev–Trinajstić information content (AvgIpc) is 2.48. The molecular formula is C16H18ClN3O. The molecule has 110 valence electrons. The molecule has 2 N–H and O–H groups in total. The van der Waals surface area contributed by atoms with E-state index in [4.69, 9.17) is 11.6 Å². The Balaban J connectivity index is 2.14. The van der Waals surface area contributed by atoms with Crippen molar-refractivity contribution in [3.63, 3.8) is 0 Å². The number of halogens is 1. The molecule has 0 saturated carbocycles. The highest BCUT2D eigenvalue weighted by Gasteiger charge is 2.15. The first-order valence-corrected chi connectivity index (χ1v) is 7.24. The van der Waals surface area contributed by atoms with Gasteiger partial charge in [0.1, 0.15) is 5.82 Å². The van der Waals surface area contributed by atoms with Gasteiger partial charge < -0.3 is 10.6 Å². The Morgan fingerprint density at radius 2 is 2.14 bits per heavy atom. The normalized spacial score (nSPS) is 11.8. The number of pyridine rings is 1. The van der Waals surface area contributed by atoms with E-state index in [1.54, 1.807) is 18.3 Å². The fourth-order valence-electron chi connectivity index (χ4n) is 2.03. The van der Waals surface area contributed by atoms with Crippen LogP contribution in [0.25, 0.3) is 0 Å². The second-order valence-corrected chi connectivity index (χ2v) is 5.12. The maximum Gasteiger partial charge on any atom is 0.255 e. The molecule has 5 heteroatoms. The molecule has 4 nitrogen and oxygen atoms in total. The first kappa shape index (κ1) is 15.3. The molecule has 0 saturated heterocycles. The Labute approximate surface area is 129 Å². The summed E-state index contributed by atoms with van der Waals surface area (Å²) in [7, 11) is 0. The van der Waals surface area contributed by atoms with E-state index in [9.17, 15) is 4.79 Å². The molecule has 0 aliphatic carbocycles. The number of nitrogens with one attached hydrogen (secondary N) is 2. The lowest BCUT2D eigenvalue weighted by molar-refractivity contribution is 0.0940. The van der Waals surface area contributed by atoms with Crippen molar-refractivity contribution in [2.75, 3.05) is 11.9 Å². The van der Waals surface area contributed by atoms with Crippen molar-refractivity contribution in [3.05, 3.63) is 58.7 Å². The highest BCUT2D eigenvalue weighted by Crippen LogP contribution is 2.19. The molecule has 0 bridgehead atoms. The Bertz CT molecular complexity index is 630. The number of nitrogens with zero attached hydrogens (tertiary/aromatic N) is 1. The first-order chi connectivity index (χ1) is 10.1. The molecule has 2 aromatic rings. The molecule has 21 heavy (non-hydrogen) atoms. The number of benzene rings is 1. The van der Waals surface area contributed by atoms with Crippen LogP contribution >= 0.6 is 11.6 Å². The molecule has 0 radical (unpaired) electrons. The second-order valence-electron chi connectivity index (χ2n) is 4.68. The minimum Gasteiger partial charge on any atom is -0.370 e. The zero-order valence-corrected chi connectivity index (χ0v) is 12.8. The Morgan fingerprint density at radius 3 is 2.86 bits per heavy atom. The summed E-state index contributed by atoms with van der Waals surface area (Å²) in [5.41, 5.74) is 1.50. The Kier molecular flexibility index (Phi) is 5.17. The van der Waals surface area contributed by atoms with Gasteiger partial charge in [0.25, 0.3) is 5.91 Å². The molecule has 1 heterocycles. The van der Waals surface area contributed by atoms with Crippen LogP contribution in [0.2, 0.25) is 5.02 Å². The van der Waals surface area contributed by atoms with Gasteiger partial charge in [0.2, 0.25) is 0 Å². The van der Waals surface area contributed by atoms with E-state index in [0.717, 1.165) is 5.56 Å². The fourth-order valence-corrected chi connectivity index (χ4v) is 2.23. The van der Waals surface area contributed by atoms with Crippen molar-refractivity contribution < 1.29 is 4.79 Å². The van der Waals surface area contributed by atoms with Gasteiger partial charge >= 0.3 is 0 Å². The molecule has 0 aliphatic heterocycles. The number of carbonyl (C=O) groups excluding carboxylic acids is 1. The number of hydrogen-bond donors (Lipinski definition) is 2. The molecule has 1 amide bonds. The van der Waals surface area contributed by atoms with E-state index < -0.39 is 0 Å². The Morgan fingerprint density at radius 1 is 1.33 bits per heavy atom. The van der Waals surface area contributed by atoms with Crippen LogP contribution in [0.4, 0.5) is 5.82 Å². The molecule has 1 aromatic carbocycles. The monoisotopic (exact) mass is 303 g/mol.